The number of halogens is 2. The summed E-state index contributed by atoms with van der Waals surface area (Å²) in [5.41, 5.74) is 6.85. The Bertz CT molecular complexity index is 845. The summed E-state index contributed by atoms with van der Waals surface area (Å²) < 4.78 is 5.12. The molecule has 0 fully saturated rings. The predicted octanol–water partition coefficient (Wildman–Crippen LogP) is 1.79. The number of anilines is 1. The van der Waals surface area contributed by atoms with Crippen molar-refractivity contribution in [2.45, 2.75) is 23.7 Å². The van der Waals surface area contributed by atoms with Gasteiger partial charge in [-0.1, -0.05) is 40.5 Å². The number of alkyl halides is 2. The molecule has 1 heterocycles. The van der Waals surface area contributed by atoms with Crippen LogP contribution in [0.3, 0.4) is 0 Å². The number of nitrogens with one attached hydrogen (secondary N) is 1. The predicted molar refractivity (Wildman–Crippen MR) is 108 cm³/mol. The zero-order valence-electron chi connectivity index (χ0n) is 15.3. The van der Waals surface area contributed by atoms with Crippen LogP contribution in [0.15, 0.2) is 41.1 Å². The Labute approximate surface area is 176 Å². The average molecular weight is 443 g/mol. The number of benzene rings is 1. The van der Waals surface area contributed by atoms with E-state index in [2.05, 4.69) is 10.5 Å². The first-order valence-corrected chi connectivity index (χ1v) is 9.52. The van der Waals surface area contributed by atoms with E-state index in [-0.39, 0.29) is 25.9 Å². The molecule has 2 amide bonds. The number of aromatic nitrogens is 1. The van der Waals surface area contributed by atoms with Crippen molar-refractivity contribution in [3.05, 3.63) is 36.5 Å². The Morgan fingerprint density at radius 3 is 2.66 bits per heavy atom. The fraction of sp³-hybridized carbons (Fsp3) is 0.333. The molecule has 0 aliphatic carbocycles. The monoisotopic (exact) mass is 442 g/mol. The number of carboxylic acids is 1. The summed E-state index contributed by atoms with van der Waals surface area (Å²) in [6, 6.07) is 7.62. The Morgan fingerprint density at radius 1 is 1.28 bits per heavy atom. The summed E-state index contributed by atoms with van der Waals surface area (Å²) in [5, 5.41) is 14.9. The number of hydrogen-bond acceptors (Lipinski definition) is 6. The summed E-state index contributed by atoms with van der Waals surface area (Å²) in [6.07, 6.45) is 1.30. The highest BCUT2D eigenvalue weighted by atomic mass is 35.5. The SMILES string of the molecule is NC(CCC(=O)O)C(=O)NCCN(C(=O)C(Cl)Cl)c1cccc(-c2ccno2)c1. The number of carboxylic acid groups (broad SMARTS) is 1. The molecular formula is C18H20Cl2N4O5. The first-order chi connectivity index (χ1) is 13.8. The summed E-state index contributed by atoms with van der Waals surface area (Å²) >= 11 is 11.5. The van der Waals surface area contributed by atoms with Gasteiger partial charge in [0, 0.05) is 36.8 Å². The van der Waals surface area contributed by atoms with E-state index in [1.54, 1.807) is 30.3 Å². The van der Waals surface area contributed by atoms with Gasteiger partial charge in [0.1, 0.15) is 0 Å². The van der Waals surface area contributed by atoms with Gasteiger partial charge in [-0.3, -0.25) is 14.4 Å². The molecule has 2 rings (SSSR count). The zero-order chi connectivity index (χ0) is 21.4. The molecule has 0 aliphatic heterocycles. The lowest BCUT2D eigenvalue weighted by Crippen LogP contribution is -2.45. The lowest BCUT2D eigenvalue weighted by atomic mass is 10.1. The molecule has 29 heavy (non-hydrogen) atoms. The Kier molecular flexibility index (Phi) is 8.44. The van der Waals surface area contributed by atoms with Crippen molar-refractivity contribution >= 4 is 46.7 Å². The molecule has 1 atom stereocenters. The van der Waals surface area contributed by atoms with Crippen LogP contribution < -0.4 is 16.0 Å². The first-order valence-electron chi connectivity index (χ1n) is 8.65. The summed E-state index contributed by atoms with van der Waals surface area (Å²) in [6.45, 7) is 0.143. The van der Waals surface area contributed by atoms with E-state index in [0.29, 0.717) is 17.0 Å². The largest absolute Gasteiger partial charge is 0.481 e. The van der Waals surface area contributed by atoms with Crippen molar-refractivity contribution in [3.8, 4) is 11.3 Å². The van der Waals surface area contributed by atoms with Gasteiger partial charge < -0.3 is 25.6 Å². The molecule has 0 saturated heterocycles. The normalized spacial score (nSPS) is 11.9. The van der Waals surface area contributed by atoms with Crippen LogP contribution in [0.25, 0.3) is 11.3 Å². The molecule has 0 bridgehead atoms. The van der Waals surface area contributed by atoms with Crippen molar-refractivity contribution < 1.29 is 24.0 Å². The second kappa shape index (κ2) is 10.8. The molecule has 0 aliphatic rings. The van der Waals surface area contributed by atoms with Gasteiger partial charge in [-0.15, -0.1) is 0 Å². The van der Waals surface area contributed by atoms with Crippen molar-refractivity contribution in [2.75, 3.05) is 18.0 Å². The molecule has 156 valence electrons. The van der Waals surface area contributed by atoms with E-state index in [9.17, 15) is 14.4 Å². The Morgan fingerprint density at radius 2 is 2.03 bits per heavy atom. The molecule has 1 aromatic heterocycles. The second-order valence-electron chi connectivity index (χ2n) is 6.05. The Hall–Kier alpha value is -2.62. The molecule has 9 nitrogen and oxygen atoms in total. The molecule has 1 aromatic carbocycles. The quantitative estimate of drug-likeness (QED) is 0.476. The number of rotatable bonds is 10. The summed E-state index contributed by atoms with van der Waals surface area (Å²) in [5.74, 6) is -1.59. The maximum atomic E-state index is 12.5. The highest BCUT2D eigenvalue weighted by molar-refractivity contribution is 6.54. The Balaban J connectivity index is 2.06. The van der Waals surface area contributed by atoms with Crippen molar-refractivity contribution in [3.63, 3.8) is 0 Å². The number of aliphatic carboxylic acids is 1. The van der Waals surface area contributed by atoms with Gasteiger partial charge in [0.05, 0.1) is 12.2 Å². The van der Waals surface area contributed by atoms with Gasteiger partial charge in [-0.25, -0.2) is 0 Å². The lowest BCUT2D eigenvalue weighted by molar-refractivity contribution is -0.137. The maximum absolute atomic E-state index is 12.5. The van der Waals surface area contributed by atoms with E-state index < -0.39 is 28.7 Å². The number of hydrogen-bond donors (Lipinski definition) is 3. The molecule has 0 saturated carbocycles. The first kappa shape index (κ1) is 22.7. The van der Waals surface area contributed by atoms with E-state index in [0.717, 1.165) is 0 Å². The van der Waals surface area contributed by atoms with Gasteiger partial charge in [-0.2, -0.15) is 0 Å². The van der Waals surface area contributed by atoms with Gasteiger partial charge in [-0.05, 0) is 18.6 Å². The molecule has 0 radical (unpaired) electrons. The van der Waals surface area contributed by atoms with Crippen LogP contribution in [-0.2, 0) is 14.4 Å². The highest BCUT2D eigenvalue weighted by Crippen LogP contribution is 2.25. The molecular weight excluding hydrogens is 423 g/mol. The van der Waals surface area contributed by atoms with Crippen LogP contribution in [-0.4, -0.2) is 52.0 Å². The van der Waals surface area contributed by atoms with E-state index in [4.69, 9.17) is 38.6 Å². The third-order valence-corrected chi connectivity index (χ3v) is 4.35. The molecule has 4 N–H and O–H groups in total. The van der Waals surface area contributed by atoms with Gasteiger partial charge in [0.15, 0.2) is 10.6 Å². The summed E-state index contributed by atoms with van der Waals surface area (Å²) in [7, 11) is 0. The van der Waals surface area contributed by atoms with E-state index in [1.807, 2.05) is 0 Å². The molecule has 2 aromatic rings. The van der Waals surface area contributed by atoms with Crippen LogP contribution in [0, 0.1) is 0 Å². The standard InChI is InChI=1S/C18H20Cl2N4O5/c19-16(20)18(28)24(9-8-22-17(27)13(21)4-5-15(25)26)12-3-1-2-11(10-12)14-6-7-23-29-14/h1-3,6-7,10,13,16H,4-5,8-9,21H2,(H,22,27)(H,25,26). The fourth-order valence-corrected chi connectivity index (χ4v) is 2.74. The van der Waals surface area contributed by atoms with Crippen LogP contribution >= 0.6 is 23.2 Å². The lowest BCUT2D eigenvalue weighted by Gasteiger charge is -2.24. The molecule has 11 heteroatoms. The highest BCUT2D eigenvalue weighted by Gasteiger charge is 2.23. The van der Waals surface area contributed by atoms with Crippen LogP contribution in [0.5, 0.6) is 0 Å². The summed E-state index contributed by atoms with van der Waals surface area (Å²) in [4.78, 5) is 35.0. The minimum absolute atomic E-state index is 0.00841. The van der Waals surface area contributed by atoms with Crippen LogP contribution in [0.4, 0.5) is 5.69 Å². The minimum atomic E-state index is -1.29. The minimum Gasteiger partial charge on any atom is -0.481 e. The number of nitrogens with two attached hydrogens (primary N) is 1. The van der Waals surface area contributed by atoms with E-state index in [1.165, 1.54) is 11.1 Å². The van der Waals surface area contributed by atoms with Crippen LogP contribution in [0.1, 0.15) is 12.8 Å². The average Bonchev–Trinajstić information content (AvgIpc) is 3.23. The molecule has 1 unspecified atom stereocenters. The third kappa shape index (κ3) is 6.74. The van der Waals surface area contributed by atoms with Crippen LogP contribution in [0.2, 0.25) is 0 Å². The number of carbonyl (C=O) groups excluding carboxylic acids is 2. The van der Waals surface area contributed by atoms with Gasteiger partial charge in [0.2, 0.25) is 5.91 Å². The van der Waals surface area contributed by atoms with Crippen molar-refractivity contribution in [2.24, 2.45) is 5.73 Å². The number of carbonyl (C=O) groups is 3. The maximum Gasteiger partial charge on any atom is 0.303 e. The number of nitrogens with zero attached hydrogens (tertiary/aromatic N) is 2. The van der Waals surface area contributed by atoms with Gasteiger partial charge >= 0.3 is 5.97 Å². The topological polar surface area (TPSA) is 139 Å². The third-order valence-electron chi connectivity index (χ3n) is 3.97. The van der Waals surface area contributed by atoms with Crippen molar-refractivity contribution in [1.29, 1.82) is 0 Å². The van der Waals surface area contributed by atoms with E-state index >= 15 is 0 Å². The fourth-order valence-electron chi connectivity index (χ4n) is 2.51. The van der Waals surface area contributed by atoms with Crippen molar-refractivity contribution in [1.82, 2.24) is 10.5 Å². The molecule has 0 spiro atoms. The number of amides is 2. The smallest absolute Gasteiger partial charge is 0.303 e. The van der Waals surface area contributed by atoms with Gasteiger partial charge in [0.25, 0.3) is 5.91 Å². The second-order valence-corrected chi connectivity index (χ2v) is 7.14. The zero-order valence-corrected chi connectivity index (χ0v) is 16.8.